The highest BCUT2D eigenvalue weighted by Gasteiger charge is 2.05. The molecule has 0 aromatic heterocycles. The Morgan fingerprint density at radius 3 is 2.09 bits per heavy atom. The van der Waals surface area contributed by atoms with Gasteiger partial charge in [0, 0.05) is 8.22 Å². The largest absolute Gasteiger partial charge is 0.0620 e. The van der Waals surface area contributed by atoms with Crippen LogP contribution >= 0.6 is 0 Å². The van der Waals surface area contributed by atoms with Crippen LogP contribution in [0.1, 0.15) is 38.5 Å². The van der Waals surface area contributed by atoms with Crippen LogP contribution in [0.4, 0.5) is 0 Å². The molecule has 4 unspecified atom stereocenters. The maximum atomic E-state index is 7.94. The van der Waals surface area contributed by atoms with E-state index >= 15 is 0 Å². The Hall–Kier alpha value is -0.780. The molecule has 0 amide bonds. The number of rotatable bonds is 0. The molecular weight excluding hydrogens is 132 g/mol. The Kier molecular flexibility index (Phi) is 0.821. The van der Waals surface area contributed by atoms with Crippen molar-refractivity contribution in [2.75, 3.05) is 0 Å². The van der Waals surface area contributed by atoms with Crippen molar-refractivity contribution in [3.63, 3.8) is 0 Å². The standard InChI is InChI=1S/C11H14/c1-2-6-10-8-4-5-9-11(10)7-3-1/h4-5,8-9H,1-3,6-7H2/i1D2,2D,3D,6D,7D. The summed E-state index contributed by atoms with van der Waals surface area (Å²) in [6, 6.07) is 6.76. The van der Waals surface area contributed by atoms with Crippen molar-refractivity contribution in [3.8, 4) is 0 Å². The molecule has 0 saturated heterocycles. The number of hydrogen-bond donors (Lipinski definition) is 0. The van der Waals surface area contributed by atoms with Crippen LogP contribution in [-0.2, 0) is 12.8 Å². The van der Waals surface area contributed by atoms with Gasteiger partial charge >= 0.3 is 0 Å². The van der Waals surface area contributed by atoms with Gasteiger partial charge in [0.15, 0.2) is 0 Å². The first-order chi connectivity index (χ1) is 7.87. The zero-order valence-corrected chi connectivity index (χ0v) is 6.12. The lowest BCUT2D eigenvalue weighted by atomic mass is 10.0. The number of benzene rings is 1. The van der Waals surface area contributed by atoms with E-state index in [2.05, 4.69) is 0 Å². The fourth-order valence-corrected chi connectivity index (χ4v) is 1.15. The van der Waals surface area contributed by atoms with Gasteiger partial charge in [-0.25, -0.2) is 0 Å². The van der Waals surface area contributed by atoms with E-state index < -0.39 is 32.0 Å². The van der Waals surface area contributed by atoms with Crippen molar-refractivity contribution >= 4 is 0 Å². The van der Waals surface area contributed by atoms with Crippen LogP contribution in [-0.4, -0.2) is 0 Å². The van der Waals surface area contributed by atoms with E-state index in [0.717, 1.165) is 0 Å². The molecule has 0 spiro atoms. The fourth-order valence-electron chi connectivity index (χ4n) is 1.15. The fraction of sp³-hybridized carbons (Fsp3) is 0.455. The molecule has 0 radical (unpaired) electrons. The maximum absolute atomic E-state index is 7.94. The number of aryl methyl sites for hydroxylation is 2. The lowest BCUT2D eigenvalue weighted by molar-refractivity contribution is 0.711. The maximum Gasteiger partial charge on any atom is 0.0316 e. The Balaban J connectivity index is 2.59. The molecule has 0 bridgehead atoms. The van der Waals surface area contributed by atoms with Crippen LogP contribution in [0.2, 0.25) is 0 Å². The summed E-state index contributed by atoms with van der Waals surface area (Å²) in [4.78, 5) is 0. The molecule has 4 atom stereocenters. The molecule has 0 nitrogen and oxygen atoms in total. The summed E-state index contributed by atoms with van der Waals surface area (Å²) in [5.74, 6) is 0. The second-order valence-electron chi connectivity index (χ2n) is 2.46. The van der Waals surface area contributed by atoms with Crippen LogP contribution in [0, 0.1) is 0 Å². The summed E-state index contributed by atoms with van der Waals surface area (Å²) < 4.78 is 47.0. The lowest BCUT2D eigenvalue weighted by Gasteiger charge is -2.02. The Bertz CT molecular complexity index is 381. The van der Waals surface area contributed by atoms with E-state index in [1.165, 1.54) is 0 Å². The van der Waals surface area contributed by atoms with Crippen LogP contribution in [0.15, 0.2) is 24.3 Å². The number of fused-ring (bicyclic) bond motifs is 1. The van der Waals surface area contributed by atoms with Crippen molar-refractivity contribution in [2.24, 2.45) is 0 Å². The zero-order chi connectivity index (χ0) is 12.8. The van der Waals surface area contributed by atoms with Gasteiger partial charge in [-0.3, -0.25) is 0 Å². The molecule has 0 fully saturated rings. The van der Waals surface area contributed by atoms with E-state index in [1.807, 2.05) is 0 Å². The van der Waals surface area contributed by atoms with E-state index in [-0.39, 0.29) is 0 Å². The minimum absolute atomic E-state index is 0.506. The minimum Gasteiger partial charge on any atom is -0.0620 e. The summed E-state index contributed by atoms with van der Waals surface area (Å²) in [6.07, 6.45) is -6.88. The molecule has 1 aromatic rings. The zero-order valence-electron chi connectivity index (χ0n) is 12.1. The van der Waals surface area contributed by atoms with Gasteiger partial charge in [-0.15, -0.1) is 0 Å². The predicted octanol–water partition coefficient (Wildman–Crippen LogP) is 2.96. The van der Waals surface area contributed by atoms with Gasteiger partial charge in [0.25, 0.3) is 0 Å². The smallest absolute Gasteiger partial charge is 0.0316 e. The van der Waals surface area contributed by atoms with Crippen LogP contribution in [0.5, 0.6) is 0 Å². The summed E-state index contributed by atoms with van der Waals surface area (Å²) in [7, 11) is 0. The van der Waals surface area contributed by atoms with Crippen molar-refractivity contribution < 1.29 is 8.22 Å². The lowest BCUT2D eigenvalue weighted by Crippen LogP contribution is -1.88. The summed E-state index contributed by atoms with van der Waals surface area (Å²) in [5.41, 5.74) is 1.01. The Labute approximate surface area is 76.7 Å². The van der Waals surface area contributed by atoms with Gasteiger partial charge in [-0.05, 0) is 36.7 Å². The molecule has 1 aliphatic rings. The minimum atomic E-state index is -2.14. The van der Waals surface area contributed by atoms with Crippen LogP contribution in [0.25, 0.3) is 0 Å². The highest BCUT2D eigenvalue weighted by molar-refractivity contribution is 5.27. The monoisotopic (exact) mass is 152 g/mol. The molecule has 2 rings (SSSR count). The third-order valence-electron chi connectivity index (χ3n) is 1.71. The van der Waals surface area contributed by atoms with Gasteiger partial charge in [0.2, 0.25) is 0 Å². The highest BCUT2D eigenvalue weighted by Crippen LogP contribution is 2.19. The van der Waals surface area contributed by atoms with E-state index in [9.17, 15) is 0 Å². The molecule has 58 valence electrons. The third kappa shape index (κ3) is 1.45. The molecule has 1 aliphatic carbocycles. The Morgan fingerprint density at radius 1 is 1.00 bits per heavy atom. The van der Waals surface area contributed by atoms with Crippen molar-refractivity contribution in [1.29, 1.82) is 0 Å². The molecule has 0 heteroatoms. The van der Waals surface area contributed by atoms with E-state index in [0.29, 0.717) is 11.1 Å². The first-order valence-corrected chi connectivity index (χ1v) is 3.65. The van der Waals surface area contributed by atoms with Crippen LogP contribution in [0.3, 0.4) is 0 Å². The number of hydrogen-bond acceptors (Lipinski definition) is 0. The molecule has 11 heavy (non-hydrogen) atoms. The summed E-state index contributed by atoms with van der Waals surface area (Å²) in [6.45, 7) is 0. The molecule has 0 N–H and O–H groups in total. The topological polar surface area (TPSA) is 0 Å². The van der Waals surface area contributed by atoms with Gasteiger partial charge in [-0.2, -0.15) is 0 Å². The first kappa shape index (κ1) is 2.93. The second kappa shape index (κ2) is 3.08. The van der Waals surface area contributed by atoms with Crippen molar-refractivity contribution in [2.45, 2.75) is 32.0 Å². The van der Waals surface area contributed by atoms with Crippen molar-refractivity contribution in [3.05, 3.63) is 35.4 Å². The van der Waals surface area contributed by atoms with E-state index in [1.54, 1.807) is 24.3 Å². The van der Waals surface area contributed by atoms with Crippen LogP contribution < -0.4 is 0 Å². The summed E-state index contributed by atoms with van der Waals surface area (Å²) >= 11 is 0. The molecular formula is C11H14. The average molecular weight is 152 g/mol. The quantitative estimate of drug-likeness (QED) is 0.501. The van der Waals surface area contributed by atoms with E-state index in [4.69, 9.17) is 8.22 Å². The SMILES string of the molecule is [2H]C1c2ccccc2C([2H])C([2H])C([2H])([2H])C1[2H]. The molecule has 0 heterocycles. The van der Waals surface area contributed by atoms with Gasteiger partial charge in [0.05, 0.1) is 0 Å². The average Bonchev–Trinajstić information content (AvgIpc) is 2.38. The third-order valence-corrected chi connectivity index (χ3v) is 1.71. The predicted molar refractivity (Wildman–Crippen MR) is 47.7 cm³/mol. The second-order valence-corrected chi connectivity index (χ2v) is 2.46. The van der Waals surface area contributed by atoms with Gasteiger partial charge in [-0.1, -0.05) is 30.6 Å². The summed E-state index contributed by atoms with van der Waals surface area (Å²) in [5, 5.41) is 0. The first-order valence-electron chi connectivity index (χ1n) is 6.96. The molecule has 0 aliphatic heterocycles. The van der Waals surface area contributed by atoms with Gasteiger partial charge < -0.3 is 0 Å². The Morgan fingerprint density at radius 2 is 1.55 bits per heavy atom. The molecule has 1 aromatic carbocycles. The van der Waals surface area contributed by atoms with Crippen molar-refractivity contribution in [1.82, 2.24) is 0 Å². The van der Waals surface area contributed by atoms with Gasteiger partial charge in [0.1, 0.15) is 0 Å². The molecule has 0 saturated carbocycles. The highest BCUT2D eigenvalue weighted by atomic mass is 14.1. The normalized spacial score (nSPS) is 56.4.